The van der Waals surface area contributed by atoms with Gasteiger partial charge in [-0.1, -0.05) is 0 Å². The molecule has 0 radical (unpaired) electrons. The number of benzene rings is 1. The molecule has 1 aromatic carbocycles. The van der Waals surface area contributed by atoms with Crippen molar-refractivity contribution in [1.82, 2.24) is 0 Å². The lowest BCUT2D eigenvalue weighted by Gasteiger charge is -1.97. The highest BCUT2D eigenvalue weighted by atomic mass is 19.1. The summed E-state index contributed by atoms with van der Waals surface area (Å²) in [5, 5.41) is 8.32. The molecule has 0 bridgehead atoms. The highest BCUT2D eigenvalue weighted by molar-refractivity contribution is 5.50. The Morgan fingerprint density at radius 1 is 1.33 bits per heavy atom. The summed E-state index contributed by atoms with van der Waals surface area (Å²) in [6.45, 7) is 3.00. The molecule has 60 valence electrons. The number of rotatable bonds is 1. The largest absolute Gasteiger partial charge is 0.258 e. The lowest BCUT2D eigenvalue weighted by atomic mass is 10.2. The van der Waals surface area contributed by atoms with Gasteiger partial charge in [-0.2, -0.15) is 5.26 Å². The van der Waals surface area contributed by atoms with Gasteiger partial charge >= 0.3 is 0 Å². The van der Waals surface area contributed by atoms with Crippen molar-refractivity contribution in [2.75, 3.05) is 0 Å². The Balaban J connectivity index is 3.39. The van der Waals surface area contributed by atoms with E-state index in [9.17, 15) is 8.78 Å². The minimum absolute atomic E-state index is 0.0719. The number of halogens is 2. The molecule has 0 aliphatic carbocycles. The van der Waals surface area contributed by atoms with Crippen LogP contribution in [0.5, 0.6) is 0 Å². The molecule has 0 heterocycles. The van der Waals surface area contributed by atoms with E-state index in [0.29, 0.717) is 0 Å². The molecule has 0 aliphatic heterocycles. The molecule has 0 aromatic heterocycles. The van der Waals surface area contributed by atoms with Gasteiger partial charge in [0.25, 0.3) is 0 Å². The third kappa shape index (κ3) is 1.30. The quantitative estimate of drug-likeness (QED) is 0.589. The summed E-state index contributed by atoms with van der Waals surface area (Å²) in [6.07, 6.45) is 0. The van der Waals surface area contributed by atoms with E-state index in [4.69, 9.17) is 5.26 Å². The van der Waals surface area contributed by atoms with E-state index in [1.165, 1.54) is 0 Å². The molecule has 0 spiro atoms. The zero-order chi connectivity index (χ0) is 9.14. The summed E-state index contributed by atoms with van der Waals surface area (Å²) < 4.78 is 25.5. The maximum Gasteiger partial charge on any atom is 0.153 e. The van der Waals surface area contributed by atoms with Gasteiger partial charge in [0.2, 0.25) is 0 Å². The van der Waals surface area contributed by atoms with Crippen molar-refractivity contribution in [3.05, 3.63) is 29.3 Å². The van der Waals surface area contributed by atoms with Gasteiger partial charge in [0.1, 0.15) is 5.69 Å². The monoisotopic (exact) mass is 166 g/mol. The number of hydrogen-bond donors (Lipinski definition) is 0. The fourth-order valence-corrected chi connectivity index (χ4v) is 0.781. The molecule has 0 unspecified atom stereocenters. The SMILES string of the molecule is C=Nc1c(F)cc(C#N)cc1F. The summed E-state index contributed by atoms with van der Waals surface area (Å²) in [5.41, 5.74) is -0.522. The Labute approximate surface area is 67.8 Å². The second-order valence-electron chi connectivity index (χ2n) is 2.06. The molecular formula is C8H4F2N2. The smallest absolute Gasteiger partial charge is 0.153 e. The van der Waals surface area contributed by atoms with E-state index in [1.54, 1.807) is 6.07 Å². The normalized spacial score (nSPS) is 9.08. The predicted molar refractivity (Wildman–Crippen MR) is 40.3 cm³/mol. The zero-order valence-corrected chi connectivity index (χ0v) is 6.01. The topological polar surface area (TPSA) is 36.1 Å². The molecular weight excluding hydrogens is 162 g/mol. The first-order valence-electron chi connectivity index (χ1n) is 3.05. The van der Waals surface area contributed by atoms with Gasteiger partial charge < -0.3 is 0 Å². The number of nitriles is 1. The molecule has 0 atom stereocenters. The van der Waals surface area contributed by atoms with Crippen LogP contribution in [0, 0.1) is 23.0 Å². The van der Waals surface area contributed by atoms with Gasteiger partial charge in [0.05, 0.1) is 11.6 Å². The Morgan fingerprint density at radius 3 is 2.17 bits per heavy atom. The average molecular weight is 166 g/mol. The summed E-state index contributed by atoms with van der Waals surface area (Å²) in [4.78, 5) is 3.14. The van der Waals surface area contributed by atoms with Crippen LogP contribution < -0.4 is 0 Å². The second-order valence-corrected chi connectivity index (χ2v) is 2.06. The van der Waals surface area contributed by atoms with Crippen LogP contribution in [-0.2, 0) is 0 Å². The molecule has 4 heteroatoms. The fraction of sp³-hybridized carbons (Fsp3) is 0. The van der Waals surface area contributed by atoms with Crippen molar-refractivity contribution in [2.45, 2.75) is 0 Å². The molecule has 2 nitrogen and oxygen atoms in total. The average Bonchev–Trinajstić information content (AvgIpc) is 2.03. The Bertz CT molecular complexity index is 343. The van der Waals surface area contributed by atoms with Gasteiger partial charge in [-0.05, 0) is 18.9 Å². The standard InChI is InChI=1S/C8H4F2N2/c1-12-8-6(9)2-5(4-11)3-7(8)10/h2-3H,1H2. The van der Waals surface area contributed by atoms with Crippen molar-refractivity contribution in [2.24, 2.45) is 4.99 Å². The number of hydrogen-bond acceptors (Lipinski definition) is 2. The Morgan fingerprint density at radius 2 is 1.83 bits per heavy atom. The molecule has 1 rings (SSSR count). The van der Waals surface area contributed by atoms with Gasteiger partial charge in [-0.15, -0.1) is 0 Å². The Hall–Kier alpha value is -1.76. The highest BCUT2D eigenvalue weighted by Crippen LogP contribution is 2.22. The Kier molecular flexibility index (Phi) is 2.15. The van der Waals surface area contributed by atoms with Gasteiger partial charge in [0.15, 0.2) is 11.6 Å². The second kappa shape index (κ2) is 3.09. The van der Waals surface area contributed by atoms with E-state index in [-0.39, 0.29) is 5.56 Å². The maximum atomic E-state index is 12.8. The summed E-state index contributed by atoms with van der Waals surface area (Å²) >= 11 is 0. The van der Waals surface area contributed by atoms with Crippen LogP contribution in [0.4, 0.5) is 14.5 Å². The predicted octanol–water partition coefficient (Wildman–Crippen LogP) is 2.17. The maximum absolute atomic E-state index is 12.8. The van der Waals surface area contributed by atoms with Gasteiger partial charge in [-0.3, -0.25) is 4.99 Å². The number of nitrogens with zero attached hydrogens (tertiary/aromatic N) is 2. The van der Waals surface area contributed by atoms with Crippen LogP contribution in [0.15, 0.2) is 17.1 Å². The van der Waals surface area contributed by atoms with Crippen molar-refractivity contribution < 1.29 is 8.78 Å². The molecule has 0 saturated carbocycles. The summed E-state index contributed by atoms with van der Waals surface area (Å²) in [6, 6.07) is 3.44. The van der Waals surface area contributed by atoms with Crippen LogP contribution in [0.3, 0.4) is 0 Å². The van der Waals surface area contributed by atoms with Crippen LogP contribution in [-0.4, -0.2) is 6.72 Å². The van der Waals surface area contributed by atoms with Crippen molar-refractivity contribution in [3.8, 4) is 6.07 Å². The number of aliphatic imine (C=N–C) groups is 1. The van der Waals surface area contributed by atoms with Crippen LogP contribution in [0.25, 0.3) is 0 Å². The third-order valence-electron chi connectivity index (χ3n) is 1.30. The minimum Gasteiger partial charge on any atom is -0.258 e. The zero-order valence-electron chi connectivity index (χ0n) is 6.01. The van der Waals surface area contributed by atoms with Crippen molar-refractivity contribution in [3.63, 3.8) is 0 Å². The first-order chi connectivity index (χ1) is 5.69. The molecule has 0 saturated heterocycles. The summed E-state index contributed by atoms with van der Waals surface area (Å²) in [5.74, 6) is -1.75. The summed E-state index contributed by atoms with van der Waals surface area (Å²) in [7, 11) is 0. The third-order valence-corrected chi connectivity index (χ3v) is 1.30. The molecule has 12 heavy (non-hydrogen) atoms. The van der Waals surface area contributed by atoms with Crippen LogP contribution in [0.1, 0.15) is 5.56 Å². The molecule has 0 N–H and O–H groups in total. The van der Waals surface area contributed by atoms with Crippen molar-refractivity contribution in [1.29, 1.82) is 5.26 Å². The van der Waals surface area contributed by atoms with E-state index in [2.05, 4.69) is 11.7 Å². The molecule has 1 aromatic rings. The lowest BCUT2D eigenvalue weighted by molar-refractivity contribution is 0.587. The van der Waals surface area contributed by atoms with Crippen molar-refractivity contribution >= 4 is 12.4 Å². The highest BCUT2D eigenvalue weighted by Gasteiger charge is 2.08. The minimum atomic E-state index is -0.874. The first kappa shape index (κ1) is 8.34. The van der Waals surface area contributed by atoms with Gasteiger partial charge in [-0.25, -0.2) is 8.78 Å². The lowest BCUT2D eigenvalue weighted by Crippen LogP contribution is -1.85. The van der Waals surface area contributed by atoms with E-state index >= 15 is 0 Å². The molecule has 0 amide bonds. The van der Waals surface area contributed by atoms with E-state index in [1.807, 2.05) is 0 Å². The first-order valence-corrected chi connectivity index (χ1v) is 3.05. The molecule has 0 aliphatic rings. The van der Waals surface area contributed by atoms with E-state index < -0.39 is 17.3 Å². The van der Waals surface area contributed by atoms with E-state index in [0.717, 1.165) is 12.1 Å². The van der Waals surface area contributed by atoms with Crippen LogP contribution >= 0.6 is 0 Å². The van der Waals surface area contributed by atoms with Crippen LogP contribution in [0.2, 0.25) is 0 Å². The fourth-order valence-electron chi connectivity index (χ4n) is 0.781. The van der Waals surface area contributed by atoms with Gasteiger partial charge in [0, 0.05) is 0 Å². The molecule has 0 fully saturated rings.